The zero-order valence-electron chi connectivity index (χ0n) is 16.0. The molecular weight excluding hydrogens is 360 g/mol. The quantitative estimate of drug-likeness (QED) is 0.828. The molecule has 1 fully saturated rings. The fraction of sp³-hybridized carbons (Fsp3) is 0.333. The average molecular weight is 384 g/mol. The lowest BCUT2D eigenvalue weighted by Gasteiger charge is -2.33. The maximum atomic E-state index is 12.6. The molecule has 0 aliphatic carbocycles. The van der Waals surface area contributed by atoms with Crippen LogP contribution >= 0.6 is 0 Å². The van der Waals surface area contributed by atoms with Crippen LogP contribution in [0.1, 0.15) is 17.3 Å². The molecule has 7 nitrogen and oxygen atoms in total. The molecule has 0 radical (unpaired) electrons. The van der Waals surface area contributed by atoms with Crippen LogP contribution in [0.15, 0.2) is 48.5 Å². The van der Waals surface area contributed by atoms with Crippen molar-refractivity contribution >= 4 is 17.5 Å². The van der Waals surface area contributed by atoms with Gasteiger partial charge in [0.05, 0.1) is 26.4 Å². The Morgan fingerprint density at radius 1 is 1.14 bits per heavy atom. The Morgan fingerprint density at radius 2 is 1.86 bits per heavy atom. The molecule has 3 rings (SSSR count). The molecule has 2 aromatic carbocycles. The molecule has 28 heavy (non-hydrogen) atoms. The number of nitrogens with one attached hydrogen (secondary N) is 1. The summed E-state index contributed by atoms with van der Waals surface area (Å²) in [5, 5.41) is 2.75. The minimum atomic E-state index is -0.299. The van der Waals surface area contributed by atoms with E-state index in [4.69, 9.17) is 14.2 Å². The maximum absolute atomic E-state index is 12.6. The van der Waals surface area contributed by atoms with E-state index in [-0.39, 0.29) is 24.5 Å². The van der Waals surface area contributed by atoms with Crippen molar-refractivity contribution in [3.8, 4) is 11.5 Å². The van der Waals surface area contributed by atoms with Gasteiger partial charge in [0.25, 0.3) is 11.8 Å². The van der Waals surface area contributed by atoms with Crippen LogP contribution in [-0.2, 0) is 9.53 Å². The largest absolute Gasteiger partial charge is 0.493 e. The van der Waals surface area contributed by atoms with Crippen LogP contribution in [0.2, 0.25) is 0 Å². The van der Waals surface area contributed by atoms with Crippen LogP contribution in [-0.4, -0.2) is 56.2 Å². The van der Waals surface area contributed by atoms with E-state index < -0.39 is 0 Å². The summed E-state index contributed by atoms with van der Waals surface area (Å²) in [6.45, 7) is 3.50. The molecule has 1 aliphatic rings. The lowest BCUT2D eigenvalue weighted by Crippen LogP contribution is -2.47. The number of methoxy groups -OCH3 is 1. The first-order valence-electron chi connectivity index (χ1n) is 9.13. The van der Waals surface area contributed by atoms with Gasteiger partial charge in [0, 0.05) is 17.8 Å². The second kappa shape index (κ2) is 9.23. The molecule has 1 N–H and O–H groups in total. The molecule has 7 heteroatoms. The highest BCUT2D eigenvalue weighted by Gasteiger charge is 2.24. The molecule has 1 unspecified atom stereocenters. The topological polar surface area (TPSA) is 77.1 Å². The number of carbonyl (C=O) groups excluding carboxylic acids is 2. The number of hydrogen-bond donors (Lipinski definition) is 1. The van der Waals surface area contributed by atoms with Gasteiger partial charge < -0.3 is 24.4 Å². The van der Waals surface area contributed by atoms with Crippen LogP contribution in [0, 0.1) is 0 Å². The summed E-state index contributed by atoms with van der Waals surface area (Å²) in [7, 11) is 1.54. The zero-order chi connectivity index (χ0) is 19.9. The summed E-state index contributed by atoms with van der Waals surface area (Å²) >= 11 is 0. The lowest BCUT2D eigenvalue weighted by atomic mass is 10.1. The highest BCUT2D eigenvalue weighted by Crippen LogP contribution is 2.25. The number of amides is 2. The second-order valence-corrected chi connectivity index (χ2v) is 6.49. The summed E-state index contributed by atoms with van der Waals surface area (Å²) in [6, 6.07) is 14.0. The number of ether oxygens (including phenoxy) is 3. The van der Waals surface area contributed by atoms with Gasteiger partial charge in [0.15, 0.2) is 18.1 Å². The molecular formula is C21H24N2O5. The molecule has 2 aromatic rings. The number of carbonyl (C=O) groups is 2. The van der Waals surface area contributed by atoms with Crippen molar-refractivity contribution < 1.29 is 23.8 Å². The van der Waals surface area contributed by atoms with Gasteiger partial charge in [-0.25, -0.2) is 0 Å². The van der Waals surface area contributed by atoms with Gasteiger partial charge >= 0.3 is 0 Å². The summed E-state index contributed by atoms with van der Waals surface area (Å²) in [6.07, 6.45) is 0. The zero-order valence-corrected chi connectivity index (χ0v) is 16.0. The predicted molar refractivity (Wildman–Crippen MR) is 105 cm³/mol. The lowest BCUT2D eigenvalue weighted by molar-refractivity contribution is -0.118. The van der Waals surface area contributed by atoms with E-state index >= 15 is 0 Å². The second-order valence-electron chi connectivity index (χ2n) is 6.49. The minimum Gasteiger partial charge on any atom is -0.493 e. The standard InChI is InChI=1S/C21H24N2O5/c1-15-13-27-12-11-23(15)21(25)16-7-9-17(10-8-16)22-20(24)14-28-19-6-4-3-5-18(19)26-2/h3-10,15H,11-14H2,1-2H3,(H,22,24). The Bertz CT molecular complexity index is 822. The average Bonchev–Trinajstić information content (AvgIpc) is 2.73. The molecule has 0 saturated carbocycles. The van der Waals surface area contributed by atoms with Crippen LogP contribution in [0.25, 0.3) is 0 Å². The van der Waals surface area contributed by atoms with Crippen molar-refractivity contribution in [2.24, 2.45) is 0 Å². The minimum absolute atomic E-state index is 0.0341. The fourth-order valence-corrected chi connectivity index (χ4v) is 2.97. The van der Waals surface area contributed by atoms with E-state index in [1.54, 1.807) is 54.5 Å². The summed E-state index contributed by atoms with van der Waals surface area (Å²) < 4.78 is 16.1. The SMILES string of the molecule is COc1ccccc1OCC(=O)Nc1ccc(C(=O)N2CCOCC2C)cc1. The third-order valence-electron chi connectivity index (χ3n) is 4.47. The molecule has 0 bridgehead atoms. The highest BCUT2D eigenvalue weighted by atomic mass is 16.5. The number of benzene rings is 2. The number of anilines is 1. The Balaban J connectivity index is 1.55. The first-order chi connectivity index (χ1) is 13.6. The molecule has 1 saturated heterocycles. The maximum Gasteiger partial charge on any atom is 0.262 e. The summed E-state index contributed by atoms with van der Waals surface area (Å²) in [5.41, 5.74) is 1.18. The van der Waals surface area contributed by atoms with Gasteiger partial charge in [-0.3, -0.25) is 9.59 Å². The van der Waals surface area contributed by atoms with Crippen molar-refractivity contribution in [3.63, 3.8) is 0 Å². The van der Waals surface area contributed by atoms with E-state index in [1.807, 2.05) is 13.0 Å². The number of para-hydroxylation sites is 2. The van der Waals surface area contributed by atoms with E-state index in [0.29, 0.717) is 42.5 Å². The van der Waals surface area contributed by atoms with E-state index in [0.717, 1.165) is 0 Å². The molecule has 1 heterocycles. The number of nitrogens with zero attached hydrogens (tertiary/aromatic N) is 1. The third-order valence-corrected chi connectivity index (χ3v) is 4.47. The third kappa shape index (κ3) is 4.80. The van der Waals surface area contributed by atoms with Gasteiger partial charge in [-0.2, -0.15) is 0 Å². The molecule has 2 amide bonds. The smallest absolute Gasteiger partial charge is 0.262 e. The van der Waals surface area contributed by atoms with Crippen LogP contribution in [0.4, 0.5) is 5.69 Å². The molecule has 1 atom stereocenters. The predicted octanol–water partition coefficient (Wildman–Crippen LogP) is 2.57. The van der Waals surface area contributed by atoms with E-state index in [1.165, 1.54) is 0 Å². The fourth-order valence-electron chi connectivity index (χ4n) is 2.97. The molecule has 0 aromatic heterocycles. The van der Waals surface area contributed by atoms with Crippen molar-refractivity contribution in [2.45, 2.75) is 13.0 Å². The number of hydrogen-bond acceptors (Lipinski definition) is 5. The first kappa shape index (κ1) is 19.7. The van der Waals surface area contributed by atoms with Gasteiger partial charge in [-0.1, -0.05) is 12.1 Å². The number of rotatable bonds is 6. The van der Waals surface area contributed by atoms with Crippen molar-refractivity contribution in [1.82, 2.24) is 4.90 Å². The van der Waals surface area contributed by atoms with Crippen LogP contribution < -0.4 is 14.8 Å². The Kier molecular flexibility index (Phi) is 6.49. The Labute approximate surface area is 164 Å². The molecule has 148 valence electrons. The van der Waals surface area contributed by atoms with E-state index in [9.17, 15) is 9.59 Å². The highest BCUT2D eigenvalue weighted by molar-refractivity contribution is 5.96. The van der Waals surface area contributed by atoms with E-state index in [2.05, 4.69) is 5.32 Å². The van der Waals surface area contributed by atoms with Crippen molar-refractivity contribution in [2.75, 3.05) is 38.8 Å². The molecule has 1 aliphatic heterocycles. The van der Waals surface area contributed by atoms with Gasteiger partial charge in [0.2, 0.25) is 0 Å². The number of morpholine rings is 1. The van der Waals surface area contributed by atoms with Gasteiger partial charge in [-0.05, 0) is 43.3 Å². The van der Waals surface area contributed by atoms with Crippen molar-refractivity contribution in [3.05, 3.63) is 54.1 Å². The summed E-state index contributed by atoms with van der Waals surface area (Å²) in [5.74, 6) is 0.733. The van der Waals surface area contributed by atoms with Gasteiger partial charge in [0.1, 0.15) is 0 Å². The normalized spacial score (nSPS) is 16.4. The summed E-state index contributed by atoms with van der Waals surface area (Å²) in [4.78, 5) is 26.5. The monoisotopic (exact) mass is 384 g/mol. The Hall–Kier alpha value is -3.06. The van der Waals surface area contributed by atoms with Gasteiger partial charge in [-0.15, -0.1) is 0 Å². The van der Waals surface area contributed by atoms with Crippen LogP contribution in [0.5, 0.6) is 11.5 Å². The first-order valence-corrected chi connectivity index (χ1v) is 9.13. The Morgan fingerprint density at radius 3 is 2.54 bits per heavy atom. The molecule has 0 spiro atoms. The van der Waals surface area contributed by atoms with Crippen molar-refractivity contribution in [1.29, 1.82) is 0 Å². The van der Waals surface area contributed by atoms with Crippen LogP contribution in [0.3, 0.4) is 0 Å².